The van der Waals surface area contributed by atoms with Crippen LogP contribution >= 0.6 is 0 Å². The first-order valence-corrected chi connectivity index (χ1v) is 28.8. The third-order valence-corrected chi connectivity index (χ3v) is 15.0. The molecule has 1 fully saturated rings. The van der Waals surface area contributed by atoms with Crippen LogP contribution in [0.5, 0.6) is 0 Å². The van der Waals surface area contributed by atoms with Crippen molar-refractivity contribution in [3.63, 3.8) is 0 Å². The van der Waals surface area contributed by atoms with Crippen LogP contribution in [-0.4, -0.2) is 214 Å². The van der Waals surface area contributed by atoms with Gasteiger partial charge in [-0.25, -0.2) is 4.79 Å². The molecule has 0 saturated carbocycles. The fourth-order valence-electron chi connectivity index (χ4n) is 9.70. The Morgan fingerprint density at radius 3 is 1.44 bits per heavy atom. The molecule has 0 radical (unpaired) electrons. The van der Waals surface area contributed by atoms with Gasteiger partial charge < -0.3 is 55.8 Å². The number of carbonyl (C=O) groups is 11. The van der Waals surface area contributed by atoms with Crippen molar-refractivity contribution in [2.24, 2.45) is 29.6 Å². The summed E-state index contributed by atoms with van der Waals surface area (Å²) in [5, 5.41) is 21.9. The van der Waals surface area contributed by atoms with E-state index in [0.717, 1.165) is 19.6 Å². The first kappa shape index (κ1) is 73.6. The number of aliphatic hydroxyl groups is 1. The molecule has 82 heavy (non-hydrogen) atoms. The van der Waals surface area contributed by atoms with Crippen molar-refractivity contribution in [2.45, 2.75) is 209 Å². The van der Waals surface area contributed by atoms with Crippen molar-refractivity contribution in [1.82, 2.24) is 55.6 Å². The number of urea groups is 1. The molecule has 466 valence electrons. The predicted octanol–water partition coefficient (Wildman–Crippen LogP) is 3.50. The zero-order chi connectivity index (χ0) is 63.7. The van der Waals surface area contributed by atoms with E-state index in [9.17, 15) is 57.8 Å². The van der Waals surface area contributed by atoms with Crippen molar-refractivity contribution in [1.29, 1.82) is 0 Å². The Balaban J connectivity index is 4.26. The van der Waals surface area contributed by atoms with Crippen LogP contribution in [0, 0.1) is 29.6 Å². The van der Waals surface area contributed by atoms with Gasteiger partial charge in [-0.1, -0.05) is 88.0 Å². The molecule has 0 spiro atoms. The number of rotatable bonds is 14. The maximum absolute atomic E-state index is 14.8. The van der Waals surface area contributed by atoms with Crippen molar-refractivity contribution < 1.29 is 57.8 Å². The first-order chi connectivity index (χ1) is 37.7. The number of likely N-dealkylation sites (N-methyl/N-ethyl adjacent to an activating group) is 7. The standard InChI is InChI=1S/C59H103N11O12/c1-24-26-27-37(11)31-43-50(73)62-41(25-2)54(77)64(17)40(14)53(76)68(21)46(32-59(15,16)82)51(74)63-47(36(9)10)57(80)65(18)42(28-33(3)4)49(72)60-38(12)48(71)61-39(13)52(75)66(19)44(29-34(5)6)55(78)67(20)45(30-35(7)8)56(79)70(23)58(81)69(43)22/h24,26,33-39,41-47,82H,14,25,27-32H2,1-13,15-23H3,(H,60,72)(H,61,71)(H,62,73)(H,63,74)/b26-24+/t37-,38+,39?,41+,42+,43?,44-,45+,46+,47?/m1/s1. The van der Waals surface area contributed by atoms with Gasteiger partial charge in [-0.15, -0.1) is 0 Å². The van der Waals surface area contributed by atoms with Crippen molar-refractivity contribution in [3.8, 4) is 0 Å². The highest BCUT2D eigenvalue weighted by Gasteiger charge is 2.43. The topological polar surface area (TPSA) is 279 Å². The molecule has 0 aromatic heterocycles. The average Bonchev–Trinajstić information content (AvgIpc) is 3.44. The molecule has 1 rings (SSSR count). The van der Waals surface area contributed by atoms with Gasteiger partial charge in [-0.05, 0) is 103 Å². The fraction of sp³-hybridized carbons (Fsp3) is 0.746. The van der Waals surface area contributed by atoms with Gasteiger partial charge in [0.15, 0.2) is 0 Å². The normalized spacial score (nSPS) is 26.1. The quantitative estimate of drug-likeness (QED) is 0.124. The van der Waals surface area contributed by atoms with Crippen molar-refractivity contribution >= 4 is 65.1 Å². The summed E-state index contributed by atoms with van der Waals surface area (Å²) < 4.78 is 0. The second-order valence-electron chi connectivity index (χ2n) is 24.7. The number of allylic oxidation sites excluding steroid dienone is 2. The van der Waals surface area contributed by atoms with E-state index in [4.69, 9.17) is 0 Å². The first-order valence-electron chi connectivity index (χ1n) is 28.8. The van der Waals surface area contributed by atoms with Gasteiger partial charge in [0, 0.05) is 55.8 Å². The van der Waals surface area contributed by atoms with E-state index >= 15 is 0 Å². The Kier molecular flexibility index (Phi) is 29.1. The van der Waals surface area contributed by atoms with Crippen LogP contribution in [0.3, 0.4) is 0 Å². The van der Waals surface area contributed by atoms with Crippen LogP contribution < -0.4 is 21.3 Å². The molecule has 0 aromatic rings. The van der Waals surface area contributed by atoms with Crippen LogP contribution in [0.15, 0.2) is 24.4 Å². The van der Waals surface area contributed by atoms with Gasteiger partial charge in [0.1, 0.15) is 60.1 Å². The molecule has 1 aliphatic heterocycles. The Hall–Kier alpha value is -6.39. The average molecular weight is 1160 g/mol. The highest BCUT2D eigenvalue weighted by Crippen LogP contribution is 2.24. The van der Waals surface area contributed by atoms with Crippen LogP contribution in [-0.2, 0) is 47.9 Å². The third-order valence-electron chi connectivity index (χ3n) is 15.0. The summed E-state index contributed by atoms with van der Waals surface area (Å²) in [5.74, 6) is -8.76. The molecule has 0 aromatic carbocycles. The molecule has 5 N–H and O–H groups in total. The van der Waals surface area contributed by atoms with Gasteiger partial charge in [-0.2, -0.15) is 0 Å². The molecule has 1 saturated heterocycles. The minimum atomic E-state index is -1.57. The van der Waals surface area contributed by atoms with Crippen LogP contribution in [0.4, 0.5) is 4.79 Å². The van der Waals surface area contributed by atoms with E-state index in [1.54, 1.807) is 20.8 Å². The van der Waals surface area contributed by atoms with Crippen LogP contribution in [0.25, 0.3) is 0 Å². The Bertz CT molecular complexity index is 2310. The summed E-state index contributed by atoms with van der Waals surface area (Å²) in [5.41, 5.74) is -1.97. The maximum atomic E-state index is 14.8. The van der Waals surface area contributed by atoms with E-state index < -0.39 is 137 Å². The van der Waals surface area contributed by atoms with Crippen LogP contribution in [0.2, 0.25) is 0 Å². The number of imide groups is 1. The lowest BCUT2D eigenvalue weighted by molar-refractivity contribution is -0.151. The molecular weight excluding hydrogens is 1050 g/mol. The lowest BCUT2D eigenvalue weighted by Crippen LogP contribution is -2.61. The molecule has 3 unspecified atom stereocenters. The van der Waals surface area contributed by atoms with E-state index in [0.29, 0.717) is 6.42 Å². The minimum absolute atomic E-state index is 0.00795. The maximum Gasteiger partial charge on any atom is 0.326 e. The molecule has 0 bridgehead atoms. The van der Waals surface area contributed by atoms with Crippen molar-refractivity contribution in [2.75, 3.05) is 49.3 Å². The van der Waals surface area contributed by atoms with Gasteiger partial charge in [-0.3, -0.25) is 52.8 Å². The smallest absolute Gasteiger partial charge is 0.326 e. The highest BCUT2D eigenvalue weighted by atomic mass is 16.3. The minimum Gasteiger partial charge on any atom is -0.390 e. The number of carbonyl (C=O) groups excluding carboxylic acids is 11. The molecule has 12 amide bonds. The predicted molar refractivity (Wildman–Crippen MR) is 315 cm³/mol. The second-order valence-corrected chi connectivity index (χ2v) is 24.7. The largest absolute Gasteiger partial charge is 0.390 e. The molecule has 23 nitrogen and oxygen atoms in total. The Morgan fingerprint density at radius 2 is 0.963 bits per heavy atom. The van der Waals surface area contributed by atoms with Gasteiger partial charge in [0.05, 0.1) is 5.60 Å². The zero-order valence-corrected chi connectivity index (χ0v) is 53.5. The Morgan fingerprint density at radius 1 is 0.524 bits per heavy atom. The van der Waals surface area contributed by atoms with Crippen molar-refractivity contribution in [3.05, 3.63) is 24.4 Å². The highest BCUT2D eigenvalue weighted by molar-refractivity contribution is 6.03. The van der Waals surface area contributed by atoms with Gasteiger partial charge in [0.2, 0.25) is 47.3 Å². The van der Waals surface area contributed by atoms with E-state index in [1.165, 1.54) is 91.7 Å². The SMILES string of the molecule is C=C1C(=O)N(C)[C@@H](CC(C)(C)O)C(=O)NC(C(C)C)C(=O)N(C)[C@@H](CC(C)C)C(=O)N[C@@H](C)C(=O)NC(C)C(=O)N(C)[C@H](CC(C)C)C(=O)N(C)[C@@H](CC(C)C)C(=O)N(C)C(=O)N(C)C(C[C@H](C)C/C=C/C)C(=O)N[C@@H](CC)C(=O)N1C. The lowest BCUT2D eigenvalue weighted by Gasteiger charge is -2.38. The number of nitrogens with zero attached hydrogens (tertiary/aromatic N) is 7. The van der Waals surface area contributed by atoms with Gasteiger partial charge in [0.25, 0.3) is 11.8 Å². The fourth-order valence-corrected chi connectivity index (χ4v) is 9.70. The van der Waals surface area contributed by atoms with Gasteiger partial charge >= 0.3 is 6.03 Å². The molecule has 1 aliphatic rings. The molecule has 0 aliphatic carbocycles. The van der Waals surface area contributed by atoms with E-state index in [1.807, 2.05) is 67.5 Å². The summed E-state index contributed by atoms with van der Waals surface area (Å²) in [6, 6.07) is -12.2. The Labute approximate surface area is 489 Å². The summed E-state index contributed by atoms with van der Waals surface area (Å²) in [4.78, 5) is 166. The number of hydrogen-bond acceptors (Lipinski definition) is 12. The monoisotopic (exact) mass is 1160 g/mol. The summed E-state index contributed by atoms with van der Waals surface area (Å²) >= 11 is 0. The third kappa shape index (κ3) is 20.8. The zero-order valence-electron chi connectivity index (χ0n) is 53.5. The summed E-state index contributed by atoms with van der Waals surface area (Å²) in [6.45, 7) is 29.4. The lowest BCUT2D eigenvalue weighted by atomic mass is 9.95. The van der Waals surface area contributed by atoms with E-state index in [-0.39, 0.29) is 62.2 Å². The number of hydrogen-bond donors (Lipinski definition) is 5. The second kappa shape index (κ2) is 32.5. The molecule has 1 heterocycles. The molecule has 23 heteroatoms. The summed E-state index contributed by atoms with van der Waals surface area (Å²) in [7, 11) is 9.39. The van der Waals surface area contributed by atoms with Crippen LogP contribution in [0.1, 0.15) is 149 Å². The number of amides is 12. The van der Waals surface area contributed by atoms with E-state index in [2.05, 4.69) is 27.8 Å². The molecular formula is C59H103N11O12. The summed E-state index contributed by atoms with van der Waals surface area (Å²) in [6.07, 6.45) is 4.38. The number of nitrogens with one attached hydrogen (secondary N) is 4. The molecule has 10 atom stereocenters.